The second-order valence-corrected chi connectivity index (χ2v) is 11.6. The number of anilines is 1. The molecule has 4 saturated carbocycles. The van der Waals surface area contributed by atoms with Crippen LogP contribution in [0.4, 0.5) is 17.1 Å². The van der Waals surface area contributed by atoms with Gasteiger partial charge in [-0.1, -0.05) is 6.07 Å². The average Bonchev–Trinajstić information content (AvgIpc) is 3.30. The van der Waals surface area contributed by atoms with E-state index in [9.17, 15) is 25.0 Å². The van der Waals surface area contributed by atoms with E-state index in [1.807, 2.05) is 19.9 Å². The fourth-order valence-electron chi connectivity index (χ4n) is 7.39. The van der Waals surface area contributed by atoms with Crippen LogP contribution in [-0.2, 0) is 5.54 Å². The molecule has 0 spiro atoms. The minimum Gasteiger partial charge on any atom is -0.457 e. The molecule has 39 heavy (non-hydrogen) atoms. The molecule has 0 unspecified atom stereocenters. The van der Waals surface area contributed by atoms with Crippen molar-refractivity contribution >= 4 is 23.0 Å². The van der Waals surface area contributed by atoms with E-state index >= 15 is 0 Å². The highest BCUT2D eigenvalue weighted by Gasteiger charge is 2.53. The molecule has 0 atom stereocenters. The van der Waals surface area contributed by atoms with Gasteiger partial charge in [0.1, 0.15) is 17.7 Å². The molecule has 11 nitrogen and oxygen atoms in total. The van der Waals surface area contributed by atoms with E-state index in [0.717, 1.165) is 30.4 Å². The zero-order chi connectivity index (χ0) is 27.5. The molecule has 4 fully saturated rings. The summed E-state index contributed by atoms with van der Waals surface area (Å²) < 4.78 is 7.55. The lowest BCUT2D eigenvalue weighted by atomic mass is 9.53. The van der Waals surface area contributed by atoms with Crippen molar-refractivity contribution in [2.75, 3.05) is 5.32 Å². The number of aromatic nitrogens is 2. The standard InChI is InChI=1S/C28H29N5O6/c1-16-3-17(2)5-23(4-16)39-24-10-21(9-22(11-24)32(35)36)29-27(34)26-25(33(37)38)15-31(30-26)28-12-18-6-19(13-28)8-20(7-18)14-28/h3-5,9-11,15,18-20H,6-8,12-14H2,1-2H3,(H,29,34). The monoisotopic (exact) mass is 531 g/mol. The molecule has 1 amide bonds. The molecule has 202 valence electrons. The molecule has 11 heteroatoms. The molecule has 0 radical (unpaired) electrons. The zero-order valence-corrected chi connectivity index (χ0v) is 21.8. The molecule has 0 aliphatic heterocycles. The minimum atomic E-state index is -0.803. The van der Waals surface area contributed by atoms with Gasteiger partial charge in [-0.05, 0) is 93.4 Å². The predicted molar refractivity (Wildman–Crippen MR) is 142 cm³/mol. The van der Waals surface area contributed by atoms with Crippen LogP contribution < -0.4 is 10.1 Å². The molecule has 4 aliphatic rings. The number of benzene rings is 2. The molecule has 7 rings (SSSR count). The van der Waals surface area contributed by atoms with Crippen molar-refractivity contribution in [3.8, 4) is 11.5 Å². The Morgan fingerprint density at radius 2 is 1.51 bits per heavy atom. The van der Waals surface area contributed by atoms with E-state index in [1.54, 1.807) is 16.8 Å². The van der Waals surface area contributed by atoms with Crippen molar-refractivity contribution in [2.45, 2.75) is 57.9 Å². The smallest absolute Gasteiger partial charge is 0.320 e. The highest BCUT2D eigenvalue weighted by Crippen LogP contribution is 2.58. The summed E-state index contributed by atoms with van der Waals surface area (Å²) in [6.45, 7) is 3.82. The van der Waals surface area contributed by atoms with Gasteiger partial charge in [0.05, 0.1) is 27.1 Å². The van der Waals surface area contributed by atoms with Gasteiger partial charge < -0.3 is 10.1 Å². The summed E-state index contributed by atoms with van der Waals surface area (Å²) in [5.41, 5.74) is 0.737. The molecule has 1 N–H and O–H groups in total. The molecule has 3 aromatic rings. The first kappa shape index (κ1) is 25.0. The van der Waals surface area contributed by atoms with E-state index in [2.05, 4.69) is 10.4 Å². The number of nitrogens with zero attached hydrogens (tertiary/aromatic N) is 4. The number of nitro groups is 2. The van der Waals surface area contributed by atoms with E-state index < -0.39 is 15.8 Å². The second kappa shape index (κ2) is 9.18. The van der Waals surface area contributed by atoms with Crippen LogP contribution in [0.5, 0.6) is 11.5 Å². The van der Waals surface area contributed by atoms with Crippen LogP contribution in [0.25, 0.3) is 0 Å². The van der Waals surface area contributed by atoms with Gasteiger partial charge in [0.15, 0.2) is 0 Å². The number of nitro benzene ring substituents is 1. The Morgan fingerprint density at radius 3 is 2.08 bits per heavy atom. The van der Waals surface area contributed by atoms with E-state index in [-0.39, 0.29) is 34.0 Å². The normalized spacial score (nSPS) is 24.9. The van der Waals surface area contributed by atoms with Crippen LogP contribution in [-0.4, -0.2) is 25.5 Å². The van der Waals surface area contributed by atoms with Crippen molar-refractivity contribution in [1.29, 1.82) is 0 Å². The van der Waals surface area contributed by atoms with Gasteiger partial charge in [-0.3, -0.25) is 29.7 Å². The number of ether oxygens (including phenoxy) is 1. The van der Waals surface area contributed by atoms with Crippen LogP contribution in [0.3, 0.4) is 0 Å². The van der Waals surface area contributed by atoms with Crippen LogP contribution in [0, 0.1) is 51.8 Å². The first-order valence-corrected chi connectivity index (χ1v) is 13.2. The highest BCUT2D eigenvalue weighted by molar-refractivity contribution is 6.05. The predicted octanol–water partition coefficient (Wildman–Crippen LogP) is 6.29. The summed E-state index contributed by atoms with van der Waals surface area (Å²) in [6, 6.07) is 9.46. The highest BCUT2D eigenvalue weighted by atomic mass is 16.6. The number of hydrogen-bond acceptors (Lipinski definition) is 7. The van der Waals surface area contributed by atoms with Crippen LogP contribution in [0.15, 0.2) is 42.6 Å². The number of nitrogens with one attached hydrogen (secondary N) is 1. The largest absolute Gasteiger partial charge is 0.457 e. The number of hydrogen-bond donors (Lipinski definition) is 1. The number of amides is 1. The third-order valence-electron chi connectivity index (χ3n) is 8.39. The molecular formula is C28H29N5O6. The Hall–Kier alpha value is -4.28. The summed E-state index contributed by atoms with van der Waals surface area (Å²) in [4.78, 5) is 35.7. The molecule has 0 saturated heterocycles. The number of aryl methyl sites for hydroxylation is 2. The lowest BCUT2D eigenvalue weighted by molar-refractivity contribution is -0.385. The van der Waals surface area contributed by atoms with Gasteiger partial charge >= 0.3 is 5.69 Å². The maximum absolute atomic E-state index is 13.3. The summed E-state index contributed by atoms with van der Waals surface area (Å²) in [5, 5.41) is 30.6. The van der Waals surface area contributed by atoms with Crippen molar-refractivity contribution in [2.24, 2.45) is 17.8 Å². The Balaban J connectivity index is 1.30. The Bertz CT molecular complexity index is 1460. The maximum atomic E-state index is 13.3. The van der Waals surface area contributed by atoms with Gasteiger partial charge in [0, 0.05) is 12.1 Å². The fourth-order valence-corrected chi connectivity index (χ4v) is 7.39. The van der Waals surface area contributed by atoms with Crippen molar-refractivity contribution in [1.82, 2.24) is 9.78 Å². The minimum absolute atomic E-state index is 0.0761. The SMILES string of the molecule is Cc1cc(C)cc(Oc2cc(NC(=O)c3nn(C45CC6CC(CC(C6)C4)C5)cc3[N+](=O)[O-])cc([N+](=O)[O-])c2)c1. The first-order valence-electron chi connectivity index (χ1n) is 13.2. The maximum Gasteiger partial charge on any atom is 0.320 e. The number of carbonyl (C=O) groups is 1. The van der Waals surface area contributed by atoms with Crippen LogP contribution in [0.2, 0.25) is 0 Å². The van der Waals surface area contributed by atoms with E-state index in [0.29, 0.717) is 23.5 Å². The van der Waals surface area contributed by atoms with Crippen molar-refractivity contribution in [3.63, 3.8) is 0 Å². The molecular weight excluding hydrogens is 502 g/mol. The lowest BCUT2D eigenvalue weighted by Crippen LogP contribution is -2.52. The quantitative estimate of drug-likeness (QED) is 0.279. The lowest BCUT2D eigenvalue weighted by Gasteiger charge is -2.56. The second-order valence-electron chi connectivity index (χ2n) is 11.6. The molecule has 1 aromatic heterocycles. The first-order chi connectivity index (χ1) is 18.6. The zero-order valence-electron chi connectivity index (χ0n) is 21.8. The van der Waals surface area contributed by atoms with Gasteiger partial charge in [0.25, 0.3) is 11.6 Å². The van der Waals surface area contributed by atoms with Gasteiger partial charge in [0.2, 0.25) is 5.69 Å². The summed E-state index contributed by atoms with van der Waals surface area (Å²) >= 11 is 0. The van der Waals surface area contributed by atoms with Gasteiger partial charge in [-0.15, -0.1) is 0 Å². The Labute approximate surface area is 224 Å². The third-order valence-corrected chi connectivity index (χ3v) is 8.39. The topological polar surface area (TPSA) is 142 Å². The van der Waals surface area contributed by atoms with Gasteiger partial charge in [-0.2, -0.15) is 5.10 Å². The van der Waals surface area contributed by atoms with E-state index in [1.165, 1.54) is 43.7 Å². The number of rotatable bonds is 7. The van der Waals surface area contributed by atoms with Crippen molar-refractivity contribution < 1.29 is 19.4 Å². The summed E-state index contributed by atoms with van der Waals surface area (Å²) in [7, 11) is 0. The fraction of sp³-hybridized carbons (Fsp3) is 0.429. The molecule has 1 heterocycles. The molecule has 4 aliphatic carbocycles. The number of non-ortho nitro benzene ring substituents is 1. The van der Waals surface area contributed by atoms with Crippen LogP contribution >= 0.6 is 0 Å². The number of carbonyl (C=O) groups excluding carboxylic acids is 1. The van der Waals surface area contributed by atoms with Gasteiger partial charge in [-0.25, -0.2) is 0 Å². The van der Waals surface area contributed by atoms with Crippen molar-refractivity contribution in [3.05, 3.63) is 79.6 Å². The summed E-state index contributed by atoms with van der Waals surface area (Å²) in [6.07, 6.45) is 7.76. The van der Waals surface area contributed by atoms with E-state index in [4.69, 9.17) is 4.74 Å². The Morgan fingerprint density at radius 1 is 0.923 bits per heavy atom. The Kier molecular flexibility index (Phi) is 5.89. The average molecular weight is 532 g/mol. The van der Waals surface area contributed by atoms with Crippen LogP contribution in [0.1, 0.15) is 60.1 Å². The third kappa shape index (κ3) is 4.73. The molecule has 2 aromatic carbocycles. The molecule has 4 bridgehead atoms. The summed E-state index contributed by atoms with van der Waals surface area (Å²) in [5.74, 6) is 1.63.